The maximum atomic E-state index is 8.77. The van der Waals surface area contributed by atoms with Crippen molar-refractivity contribution in [3.8, 4) is 6.07 Å². The Balaban J connectivity index is 2.00. The van der Waals surface area contributed by atoms with Gasteiger partial charge in [-0.3, -0.25) is 0 Å². The highest BCUT2D eigenvalue weighted by Crippen LogP contribution is 2.23. The summed E-state index contributed by atoms with van der Waals surface area (Å²) in [4.78, 5) is 0. The molecule has 0 atom stereocenters. The van der Waals surface area contributed by atoms with E-state index in [1.807, 2.05) is 6.07 Å². The van der Waals surface area contributed by atoms with Crippen LogP contribution in [-0.4, -0.2) is 26.7 Å². The van der Waals surface area contributed by atoms with Gasteiger partial charge in [0.1, 0.15) is 5.69 Å². The minimum atomic E-state index is 0.0255. The molecule has 0 aliphatic heterocycles. The summed E-state index contributed by atoms with van der Waals surface area (Å²) in [5.74, 6) is 0. The van der Waals surface area contributed by atoms with Crippen LogP contribution in [-0.2, 0) is 13.1 Å². The molecule has 0 aliphatic carbocycles. The molecule has 0 saturated heterocycles. The van der Waals surface area contributed by atoms with Crippen molar-refractivity contribution < 1.29 is 5.11 Å². The fourth-order valence-corrected chi connectivity index (χ4v) is 1.79. The molecule has 1 aromatic heterocycles. The van der Waals surface area contributed by atoms with Gasteiger partial charge in [-0.2, -0.15) is 5.26 Å². The quantitative estimate of drug-likeness (QED) is 0.863. The molecule has 0 radical (unpaired) electrons. The lowest BCUT2D eigenvalue weighted by atomic mass is 10.2. The number of anilines is 1. The normalized spacial score (nSPS) is 10.2. The molecule has 2 rings (SSSR count). The van der Waals surface area contributed by atoms with E-state index < -0.39 is 0 Å². The molecule has 98 valence electrons. The molecule has 0 fully saturated rings. The van der Waals surface area contributed by atoms with Crippen LogP contribution in [0.2, 0.25) is 5.02 Å². The highest BCUT2D eigenvalue weighted by Gasteiger charge is 2.04. The first-order valence-corrected chi connectivity index (χ1v) is 6.04. The highest BCUT2D eigenvalue weighted by molar-refractivity contribution is 6.33. The van der Waals surface area contributed by atoms with E-state index in [0.717, 1.165) is 11.4 Å². The fourth-order valence-electron chi connectivity index (χ4n) is 1.55. The summed E-state index contributed by atoms with van der Waals surface area (Å²) in [6, 6.07) is 7.07. The van der Waals surface area contributed by atoms with Gasteiger partial charge in [0.15, 0.2) is 0 Å². The third kappa shape index (κ3) is 3.44. The summed E-state index contributed by atoms with van der Waals surface area (Å²) in [5, 5.41) is 28.9. The predicted octanol–water partition coefficient (Wildman–Crippen LogP) is 1.41. The van der Waals surface area contributed by atoms with E-state index in [4.69, 9.17) is 22.0 Å². The number of nitrogens with one attached hydrogen (secondary N) is 1. The molecular weight excluding hydrogens is 266 g/mol. The number of hydrogen-bond acceptors (Lipinski definition) is 5. The highest BCUT2D eigenvalue weighted by atomic mass is 35.5. The summed E-state index contributed by atoms with van der Waals surface area (Å²) in [7, 11) is 0. The van der Waals surface area contributed by atoms with Gasteiger partial charge in [0.25, 0.3) is 0 Å². The summed E-state index contributed by atoms with van der Waals surface area (Å²) in [6.45, 7) is 0.916. The maximum Gasteiger partial charge on any atom is 0.102 e. The van der Waals surface area contributed by atoms with Crippen LogP contribution >= 0.6 is 11.6 Å². The van der Waals surface area contributed by atoms with Crippen LogP contribution in [0.1, 0.15) is 11.3 Å². The van der Waals surface area contributed by atoms with Crippen molar-refractivity contribution in [2.45, 2.75) is 13.1 Å². The Kier molecular flexibility index (Phi) is 4.34. The Morgan fingerprint density at radius 3 is 3.00 bits per heavy atom. The number of benzene rings is 1. The zero-order chi connectivity index (χ0) is 13.7. The summed E-state index contributed by atoms with van der Waals surface area (Å²) in [5.41, 5.74) is 2.00. The largest absolute Gasteiger partial charge is 0.394 e. The van der Waals surface area contributed by atoms with Gasteiger partial charge in [0.05, 0.1) is 48.2 Å². The molecule has 0 unspecified atom stereocenters. The number of nitriles is 1. The predicted molar refractivity (Wildman–Crippen MR) is 70.6 cm³/mol. The lowest BCUT2D eigenvalue weighted by Crippen LogP contribution is -2.02. The molecule has 0 amide bonds. The first kappa shape index (κ1) is 13.3. The van der Waals surface area contributed by atoms with Crippen molar-refractivity contribution in [2.24, 2.45) is 0 Å². The average molecular weight is 278 g/mol. The zero-order valence-corrected chi connectivity index (χ0v) is 10.8. The van der Waals surface area contributed by atoms with E-state index in [2.05, 4.69) is 15.6 Å². The molecule has 0 aliphatic rings. The van der Waals surface area contributed by atoms with Crippen molar-refractivity contribution in [2.75, 3.05) is 11.9 Å². The van der Waals surface area contributed by atoms with Gasteiger partial charge in [-0.25, -0.2) is 4.68 Å². The Labute approximate surface area is 115 Å². The minimum absolute atomic E-state index is 0.0255. The lowest BCUT2D eigenvalue weighted by Gasteiger charge is -2.06. The summed E-state index contributed by atoms with van der Waals surface area (Å²) in [6.07, 6.45) is 1.75. The number of rotatable bonds is 5. The van der Waals surface area contributed by atoms with Crippen LogP contribution < -0.4 is 5.32 Å². The summed E-state index contributed by atoms with van der Waals surface area (Å²) < 4.78 is 1.57. The second-order valence-electron chi connectivity index (χ2n) is 3.86. The van der Waals surface area contributed by atoms with Crippen LogP contribution in [0.3, 0.4) is 0 Å². The molecule has 1 aromatic carbocycles. The second-order valence-corrected chi connectivity index (χ2v) is 4.26. The van der Waals surface area contributed by atoms with Crippen molar-refractivity contribution in [1.82, 2.24) is 15.0 Å². The van der Waals surface area contributed by atoms with Gasteiger partial charge >= 0.3 is 0 Å². The number of aromatic nitrogens is 3. The Morgan fingerprint density at radius 2 is 2.32 bits per heavy atom. The molecule has 0 saturated carbocycles. The van der Waals surface area contributed by atoms with Gasteiger partial charge in [-0.15, -0.1) is 5.10 Å². The molecule has 0 bridgehead atoms. The first-order chi connectivity index (χ1) is 9.22. The molecule has 0 spiro atoms. The lowest BCUT2D eigenvalue weighted by molar-refractivity contribution is 0.268. The van der Waals surface area contributed by atoms with Crippen LogP contribution in [0.25, 0.3) is 0 Å². The number of hydrogen-bond donors (Lipinski definition) is 2. The Hall–Kier alpha value is -2.10. The number of halogens is 1. The van der Waals surface area contributed by atoms with Gasteiger partial charge in [0.2, 0.25) is 0 Å². The fraction of sp³-hybridized carbons (Fsp3) is 0.250. The van der Waals surface area contributed by atoms with E-state index >= 15 is 0 Å². The SMILES string of the molecule is N#Cc1ccc(NCc2cn(CCO)nn2)c(Cl)c1. The first-order valence-electron chi connectivity index (χ1n) is 5.66. The topological polar surface area (TPSA) is 86.8 Å². The van der Waals surface area contributed by atoms with E-state index in [0.29, 0.717) is 23.7 Å². The standard InChI is InChI=1S/C12H12ClN5O/c13-11-5-9(6-14)1-2-12(11)15-7-10-8-18(3-4-19)17-16-10/h1-2,5,8,15,19H,3-4,7H2. The van der Waals surface area contributed by atoms with E-state index in [1.165, 1.54) is 0 Å². The van der Waals surface area contributed by atoms with Gasteiger partial charge in [0, 0.05) is 0 Å². The van der Waals surface area contributed by atoms with E-state index in [-0.39, 0.29) is 6.61 Å². The number of nitrogens with zero attached hydrogens (tertiary/aromatic N) is 4. The smallest absolute Gasteiger partial charge is 0.102 e. The number of aliphatic hydroxyl groups excluding tert-OH is 1. The van der Waals surface area contributed by atoms with Gasteiger partial charge in [-0.05, 0) is 18.2 Å². The maximum absolute atomic E-state index is 8.77. The monoisotopic (exact) mass is 277 g/mol. The molecule has 1 heterocycles. The Morgan fingerprint density at radius 1 is 1.47 bits per heavy atom. The van der Waals surface area contributed by atoms with Crippen molar-refractivity contribution in [3.63, 3.8) is 0 Å². The van der Waals surface area contributed by atoms with Gasteiger partial charge < -0.3 is 10.4 Å². The van der Waals surface area contributed by atoms with Crippen LogP contribution in [0.5, 0.6) is 0 Å². The molecule has 6 nitrogen and oxygen atoms in total. The van der Waals surface area contributed by atoms with Crippen molar-refractivity contribution in [1.29, 1.82) is 5.26 Å². The van der Waals surface area contributed by atoms with Crippen molar-refractivity contribution in [3.05, 3.63) is 40.7 Å². The van der Waals surface area contributed by atoms with E-state index in [1.54, 1.807) is 29.1 Å². The molecule has 2 N–H and O–H groups in total. The molecule has 19 heavy (non-hydrogen) atoms. The van der Waals surface area contributed by atoms with E-state index in [9.17, 15) is 0 Å². The van der Waals surface area contributed by atoms with Crippen LogP contribution in [0.15, 0.2) is 24.4 Å². The zero-order valence-electron chi connectivity index (χ0n) is 10.0. The summed E-state index contributed by atoms with van der Waals surface area (Å²) >= 11 is 6.04. The van der Waals surface area contributed by atoms with Gasteiger partial charge in [-0.1, -0.05) is 16.8 Å². The molecule has 2 aromatic rings. The van der Waals surface area contributed by atoms with Crippen molar-refractivity contribution >= 4 is 17.3 Å². The Bertz CT molecular complexity index is 604. The minimum Gasteiger partial charge on any atom is -0.394 e. The third-order valence-electron chi connectivity index (χ3n) is 2.47. The van der Waals surface area contributed by atoms with Crippen LogP contribution in [0.4, 0.5) is 5.69 Å². The average Bonchev–Trinajstić information content (AvgIpc) is 2.85. The number of aliphatic hydroxyl groups is 1. The molecule has 7 heteroatoms. The molecular formula is C12H12ClN5O. The second kappa shape index (κ2) is 6.18. The third-order valence-corrected chi connectivity index (χ3v) is 2.79. The van der Waals surface area contributed by atoms with Crippen LogP contribution in [0, 0.1) is 11.3 Å².